The van der Waals surface area contributed by atoms with Crippen molar-refractivity contribution in [1.29, 1.82) is 0 Å². The second-order valence-electron chi connectivity index (χ2n) is 10.4. The number of esters is 1. The van der Waals surface area contributed by atoms with Gasteiger partial charge in [0, 0.05) is 12.6 Å². The molecular formula is C26H37N5O6. The SMILES string of the molecule is COC(=O)CCn1c(=O)[nH]/c(=N\C2CCC(NC(=O)OC(C)(C)C)CC2)n(Cc2ccc(C)cc2)c1=O. The third-order valence-electron chi connectivity index (χ3n) is 6.13. The Morgan fingerprint density at radius 2 is 1.73 bits per heavy atom. The first-order chi connectivity index (χ1) is 17.4. The molecule has 1 aromatic carbocycles. The third-order valence-corrected chi connectivity index (χ3v) is 6.13. The number of alkyl carbamates (subject to hydrolysis) is 1. The zero-order valence-corrected chi connectivity index (χ0v) is 22.2. The predicted octanol–water partition coefficient (Wildman–Crippen LogP) is 1.99. The van der Waals surface area contributed by atoms with Crippen molar-refractivity contribution in [1.82, 2.24) is 19.4 Å². The number of hydrogen-bond acceptors (Lipinski definition) is 7. The van der Waals surface area contributed by atoms with E-state index in [1.807, 2.05) is 52.0 Å². The summed E-state index contributed by atoms with van der Waals surface area (Å²) < 4.78 is 12.4. The highest BCUT2D eigenvalue weighted by atomic mass is 16.6. The number of nitrogens with one attached hydrogen (secondary N) is 2. The molecule has 202 valence electrons. The Labute approximate surface area is 215 Å². The van der Waals surface area contributed by atoms with E-state index in [0.717, 1.165) is 15.7 Å². The summed E-state index contributed by atoms with van der Waals surface area (Å²) in [6, 6.07) is 7.60. The van der Waals surface area contributed by atoms with E-state index in [9.17, 15) is 19.2 Å². The number of methoxy groups -OCH3 is 1. The Kier molecular flexibility index (Phi) is 9.12. The van der Waals surface area contributed by atoms with Gasteiger partial charge in [0.15, 0.2) is 0 Å². The minimum Gasteiger partial charge on any atom is -0.469 e. The van der Waals surface area contributed by atoms with Crippen LogP contribution >= 0.6 is 0 Å². The van der Waals surface area contributed by atoms with Crippen molar-refractivity contribution in [3.8, 4) is 0 Å². The minimum absolute atomic E-state index is 0.0219. The lowest BCUT2D eigenvalue weighted by atomic mass is 9.92. The van der Waals surface area contributed by atoms with Crippen LogP contribution in [0.15, 0.2) is 38.8 Å². The second kappa shape index (κ2) is 12.1. The van der Waals surface area contributed by atoms with Gasteiger partial charge in [0.05, 0.1) is 26.1 Å². The average Bonchev–Trinajstić information content (AvgIpc) is 2.82. The van der Waals surface area contributed by atoms with E-state index in [1.54, 1.807) is 0 Å². The predicted molar refractivity (Wildman–Crippen MR) is 137 cm³/mol. The zero-order valence-electron chi connectivity index (χ0n) is 22.2. The number of ether oxygens (including phenoxy) is 2. The van der Waals surface area contributed by atoms with Crippen LogP contribution in [0, 0.1) is 6.92 Å². The first-order valence-corrected chi connectivity index (χ1v) is 12.5. The van der Waals surface area contributed by atoms with E-state index in [-0.39, 0.29) is 37.2 Å². The number of H-pyrrole nitrogens is 1. The fraction of sp³-hybridized carbons (Fsp3) is 0.577. The molecule has 3 rings (SSSR count). The molecule has 2 aromatic rings. The van der Waals surface area contributed by atoms with Crippen molar-refractivity contribution in [2.75, 3.05) is 7.11 Å². The smallest absolute Gasteiger partial charge is 0.407 e. The normalized spacial score (nSPS) is 18.4. The number of hydrogen-bond donors (Lipinski definition) is 2. The highest BCUT2D eigenvalue weighted by Gasteiger charge is 2.25. The number of carbonyl (C=O) groups excluding carboxylic acids is 2. The number of aromatic nitrogens is 3. The summed E-state index contributed by atoms with van der Waals surface area (Å²) in [6.07, 6.45) is 2.22. The largest absolute Gasteiger partial charge is 0.469 e. The highest BCUT2D eigenvalue weighted by Crippen LogP contribution is 2.21. The molecule has 1 aliphatic carbocycles. The highest BCUT2D eigenvalue weighted by molar-refractivity contribution is 5.69. The summed E-state index contributed by atoms with van der Waals surface area (Å²) in [7, 11) is 1.26. The molecule has 1 fully saturated rings. The number of aryl methyl sites for hydroxylation is 1. The number of aromatic amines is 1. The van der Waals surface area contributed by atoms with Gasteiger partial charge in [0.2, 0.25) is 5.62 Å². The van der Waals surface area contributed by atoms with E-state index in [2.05, 4.69) is 15.0 Å². The number of carbonyl (C=O) groups is 2. The molecule has 2 N–H and O–H groups in total. The van der Waals surface area contributed by atoms with Gasteiger partial charge in [0.25, 0.3) is 0 Å². The van der Waals surface area contributed by atoms with Crippen LogP contribution in [0.4, 0.5) is 4.79 Å². The molecule has 37 heavy (non-hydrogen) atoms. The molecule has 11 heteroatoms. The van der Waals surface area contributed by atoms with Gasteiger partial charge in [-0.05, 0) is 58.9 Å². The first kappa shape index (κ1) is 27.9. The summed E-state index contributed by atoms with van der Waals surface area (Å²) in [5.41, 5.74) is 0.409. The Balaban J connectivity index is 1.85. The quantitative estimate of drug-likeness (QED) is 0.541. The number of amides is 1. The molecular weight excluding hydrogens is 478 g/mol. The monoisotopic (exact) mass is 515 g/mol. The lowest BCUT2D eigenvalue weighted by Gasteiger charge is -2.28. The van der Waals surface area contributed by atoms with E-state index in [1.165, 1.54) is 11.7 Å². The Hall–Kier alpha value is -3.63. The first-order valence-electron chi connectivity index (χ1n) is 12.5. The molecule has 0 saturated heterocycles. The molecule has 0 aliphatic heterocycles. The maximum atomic E-state index is 13.3. The van der Waals surface area contributed by atoms with E-state index in [0.29, 0.717) is 25.7 Å². The number of rotatable bonds is 7. The van der Waals surface area contributed by atoms with Crippen LogP contribution in [0.5, 0.6) is 0 Å². The molecule has 0 atom stereocenters. The summed E-state index contributed by atoms with van der Waals surface area (Å²) in [5.74, 6) is -0.512. The van der Waals surface area contributed by atoms with Gasteiger partial charge >= 0.3 is 23.4 Å². The van der Waals surface area contributed by atoms with Crippen molar-refractivity contribution in [2.45, 2.75) is 90.6 Å². The van der Waals surface area contributed by atoms with Crippen LogP contribution in [-0.4, -0.2) is 51.0 Å². The van der Waals surface area contributed by atoms with Crippen LogP contribution in [0.25, 0.3) is 0 Å². The zero-order chi connectivity index (χ0) is 27.2. The maximum Gasteiger partial charge on any atom is 0.407 e. The molecule has 11 nitrogen and oxygen atoms in total. The topological polar surface area (TPSA) is 137 Å². The van der Waals surface area contributed by atoms with Crippen molar-refractivity contribution in [2.24, 2.45) is 4.99 Å². The van der Waals surface area contributed by atoms with Crippen LogP contribution < -0.4 is 22.3 Å². The van der Waals surface area contributed by atoms with Gasteiger partial charge in [0.1, 0.15) is 5.60 Å². The molecule has 1 aliphatic rings. The fourth-order valence-electron chi connectivity index (χ4n) is 4.17. The summed E-state index contributed by atoms with van der Waals surface area (Å²) >= 11 is 0. The van der Waals surface area contributed by atoms with E-state index < -0.39 is 29.0 Å². The Morgan fingerprint density at radius 1 is 1.08 bits per heavy atom. The van der Waals surface area contributed by atoms with Crippen molar-refractivity contribution >= 4 is 12.1 Å². The Morgan fingerprint density at radius 3 is 2.32 bits per heavy atom. The molecule has 1 saturated carbocycles. The van der Waals surface area contributed by atoms with Crippen LogP contribution in [0.2, 0.25) is 0 Å². The van der Waals surface area contributed by atoms with Crippen molar-refractivity contribution in [3.05, 3.63) is 62.0 Å². The van der Waals surface area contributed by atoms with Gasteiger partial charge in [-0.1, -0.05) is 29.8 Å². The molecule has 1 amide bonds. The number of nitrogens with zero attached hydrogens (tertiary/aromatic N) is 3. The molecule has 0 radical (unpaired) electrons. The Bertz CT molecular complexity index is 1270. The van der Waals surface area contributed by atoms with Crippen LogP contribution in [0.3, 0.4) is 0 Å². The van der Waals surface area contributed by atoms with E-state index in [4.69, 9.17) is 9.73 Å². The lowest BCUT2D eigenvalue weighted by molar-refractivity contribution is -0.140. The molecule has 0 unspecified atom stereocenters. The third kappa shape index (κ3) is 8.19. The van der Waals surface area contributed by atoms with Crippen molar-refractivity contribution in [3.63, 3.8) is 0 Å². The fourth-order valence-corrected chi connectivity index (χ4v) is 4.17. The lowest BCUT2D eigenvalue weighted by Crippen LogP contribution is -2.51. The van der Waals surface area contributed by atoms with E-state index >= 15 is 0 Å². The molecule has 0 bridgehead atoms. The van der Waals surface area contributed by atoms with Gasteiger partial charge < -0.3 is 14.8 Å². The summed E-state index contributed by atoms with van der Waals surface area (Å²) in [6.45, 7) is 7.54. The average molecular weight is 516 g/mol. The van der Waals surface area contributed by atoms with Gasteiger partial charge in [-0.3, -0.25) is 14.3 Å². The standard InChI is InChI=1S/C26H37N5O6/c1-17-6-8-18(9-7-17)16-31-22(29-23(33)30(25(31)35)15-14-21(32)36-5)27-19-10-12-20(13-11-19)28-24(34)37-26(2,3)4/h6-9,19-20H,10-16H2,1-5H3,(H,28,34)(H,27,29,33). The molecule has 1 heterocycles. The molecule has 1 aromatic heterocycles. The van der Waals surface area contributed by atoms with Crippen LogP contribution in [-0.2, 0) is 27.4 Å². The number of benzene rings is 1. The van der Waals surface area contributed by atoms with Crippen LogP contribution in [0.1, 0.15) is 64.0 Å². The maximum absolute atomic E-state index is 13.3. The minimum atomic E-state index is -0.631. The van der Waals surface area contributed by atoms with Crippen molar-refractivity contribution < 1.29 is 19.1 Å². The van der Waals surface area contributed by atoms with Gasteiger partial charge in [-0.15, -0.1) is 0 Å². The summed E-state index contributed by atoms with van der Waals surface area (Å²) in [4.78, 5) is 57.3. The van der Waals surface area contributed by atoms with Gasteiger partial charge in [-0.2, -0.15) is 0 Å². The summed E-state index contributed by atoms with van der Waals surface area (Å²) in [5, 5.41) is 2.91. The second-order valence-corrected chi connectivity index (χ2v) is 10.4. The molecule has 0 spiro atoms. The van der Waals surface area contributed by atoms with Gasteiger partial charge in [-0.25, -0.2) is 23.9 Å².